The van der Waals surface area contributed by atoms with Gasteiger partial charge >= 0.3 is 12.1 Å². The van der Waals surface area contributed by atoms with Crippen molar-refractivity contribution < 1.29 is 41.7 Å². The van der Waals surface area contributed by atoms with E-state index in [4.69, 9.17) is 18.9 Å². The second-order valence-electron chi connectivity index (χ2n) is 5.42. The number of amides is 1. The molecular formula is C17H23NO9S. The van der Waals surface area contributed by atoms with Crippen molar-refractivity contribution >= 4 is 33.4 Å². The minimum Gasteiger partial charge on any atom is -0.493 e. The van der Waals surface area contributed by atoms with Crippen LogP contribution in [-0.4, -0.2) is 65.2 Å². The van der Waals surface area contributed by atoms with Crippen LogP contribution in [0.2, 0.25) is 0 Å². The van der Waals surface area contributed by atoms with Crippen LogP contribution >= 0.6 is 0 Å². The molecular weight excluding hydrogens is 394 g/mol. The summed E-state index contributed by atoms with van der Waals surface area (Å²) < 4.78 is 43.9. The molecule has 0 fully saturated rings. The molecule has 10 nitrogen and oxygen atoms in total. The summed E-state index contributed by atoms with van der Waals surface area (Å²) in [4.78, 5) is 36.9. The lowest BCUT2D eigenvalue weighted by molar-refractivity contribution is -0.141. The Balaban J connectivity index is 3.58. The van der Waals surface area contributed by atoms with Gasteiger partial charge in [0, 0.05) is 17.9 Å². The maximum atomic E-state index is 13.0. The minimum absolute atomic E-state index is 0.0667. The molecule has 0 radical (unpaired) electrons. The number of rotatable bonds is 9. The summed E-state index contributed by atoms with van der Waals surface area (Å²) in [5.41, 5.74) is -0.395. The lowest BCUT2D eigenvalue weighted by Gasteiger charge is -2.18. The van der Waals surface area contributed by atoms with Crippen LogP contribution in [0, 0.1) is 0 Å². The quantitative estimate of drug-likeness (QED) is 0.360. The maximum absolute atomic E-state index is 13.0. The Hall–Kier alpha value is -2.82. The summed E-state index contributed by atoms with van der Waals surface area (Å²) in [6.45, 7) is 3.02. The topological polar surface area (TPSA) is 134 Å². The zero-order valence-corrected chi connectivity index (χ0v) is 17.0. The van der Waals surface area contributed by atoms with Gasteiger partial charge in [-0.25, -0.2) is 13.2 Å². The van der Waals surface area contributed by atoms with Crippen molar-refractivity contribution in [1.82, 2.24) is 0 Å². The summed E-state index contributed by atoms with van der Waals surface area (Å²) in [6, 6.07) is 2.42. The first-order valence-electron chi connectivity index (χ1n) is 8.20. The summed E-state index contributed by atoms with van der Waals surface area (Å²) in [6.07, 6.45) is -0.137. The standard InChI is InChI=1S/C17H23NO9S/c1-6-26-16(20)15(28(5,22)23)14(19)10-8-12(24-3)13(25-4)9-11(10)18-17(21)27-7-2/h8-9,15H,6-7H2,1-5H3,(H,18,21). The van der Waals surface area contributed by atoms with E-state index in [0.29, 0.717) is 0 Å². The van der Waals surface area contributed by atoms with Crippen molar-refractivity contribution in [2.75, 3.05) is 39.0 Å². The fourth-order valence-corrected chi connectivity index (χ4v) is 3.23. The Bertz CT molecular complexity index is 848. The largest absolute Gasteiger partial charge is 0.493 e. The van der Waals surface area contributed by atoms with Gasteiger partial charge in [-0.1, -0.05) is 0 Å². The third-order valence-corrected chi connectivity index (χ3v) is 4.73. The number of ether oxygens (including phenoxy) is 4. The van der Waals surface area contributed by atoms with E-state index in [9.17, 15) is 22.8 Å². The third kappa shape index (κ3) is 5.59. The first kappa shape index (κ1) is 23.2. The number of hydrogen-bond acceptors (Lipinski definition) is 9. The second kappa shape index (κ2) is 9.93. The zero-order chi connectivity index (χ0) is 21.5. The fraction of sp³-hybridized carbons (Fsp3) is 0.471. The van der Waals surface area contributed by atoms with Crippen LogP contribution in [0.4, 0.5) is 10.5 Å². The molecule has 11 heteroatoms. The van der Waals surface area contributed by atoms with Crippen molar-refractivity contribution in [3.8, 4) is 11.5 Å². The summed E-state index contributed by atoms with van der Waals surface area (Å²) in [5, 5.41) is 0.228. The molecule has 0 spiro atoms. The molecule has 0 saturated heterocycles. The number of carbonyl (C=O) groups excluding carboxylic acids is 3. The van der Waals surface area contributed by atoms with E-state index in [1.165, 1.54) is 33.3 Å². The van der Waals surface area contributed by atoms with Gasteiger partial charge in [-0.2, -0.15) is 0 Å². The lowest BCUT2D eigenvalue weighted by Crippen LogP contribution is -2.39. The van der Waals surface area contributed by atoms with Gasteiger partial charge < -0.3 is 18.9 Å². The number of Topliss-reactive ketones (excluding diaryl/α,β-unsaturated/α-hetero) is 1. The van der Waals surface area contributed by atoms with Crippen LogP contribution in [0.5, 0.6) is 11.5 Å². The number of ketones is 1. The molecule has 156 valence electrons. The highest BCUT2D eigenvalue weighted by atomic mass is 32.2. The van der Waals surface area contributed by atoms with Crippen LogP contribution in [0.3, 0.4) is 0 Å². The molecule has 0 aliphatic carbocycles. The molecule has 1 N–H and O–H groups in total. The first-order valence-corrected chi connectivity index (χ1v) is 10.2. The van der Waals surface area contributed by atoms with Crippen LogP contribution in [0.25, 0.3) is 0 Å². The molecule has 0 bridgehead atoms. The average molecular weight is 417 g/mol. The van der Waals surface area contributed by atoms with E-state index in [0.717, 1.165) is 6.26 Å². The lowest BCUT2D eigenvalue weighted by atomic mass is 10.0. The molecule has 1 unspecified atom stereocenters. The van der Waals surface area contributed by atoms with Crippen LogP contribution in [0.15, 0.2) is 12.1 Å². The molecule has 1 rings (SSSR count). The molecule has 1 aromatic rings. The number of anilines is 1. The molecule has 1 aromatic carbocycles. The molecule has 0 aliphatic rings. The molecule has 0 saturated carbocycles. The summed E-state index contributed by atoms with van der Waals surface area (Å²) >= 11 is 0. The highest BCUT2D eigenvalue weighted by molar-refractivity contribution is 7.92. The molecule has 0 aromatic heterocycles. The molecule has 1 amide bonds. The number of sulfone groups is 1. The van der Waals surface area contributed by atoms with Crippen molar-refractivity contribution in [2.45, 2.75) is 19.1 Å². The van der Waals surface area contributed by atoms with E-state index < -0.39 is 32.9 Å². The Labute approximate surface area is 163 Å². The SMILES string of the molecule is CCOC(=O)Nc1cc(OC)c(OC)cc1C(=O)C(C(=O)OCC)S(C)(=O)=O. The Morgan fingerprint density at radius 1 is 1.00 bits per heavy atom. The first-order chi connectivity index (χ1) is 13.1. The number of hydrogen-bond donors (Lipinski definition) is 1. The zero-order valence-electron chi connectivity index (χ0n) is 16.2. The number of carbonyl (C=O) groups is 3. The Kier molecular flexibility index (Phi) is 8.23. The van der Waals surface area contributed by atoms with E-state index in [2.05, 4.69) is 5.32 Å². The maximum Gasteiger partial charge on any atom is 0.411 e. The fourth-order valence-electron chi connectivity index (χ4n) is 2.30. The number of esters is 1. The van der Waals surface area contributed by atoms with Crippen LogP contribution < -0.4 is 14.8 Å². The number of methoxy groups -OCH3 is 2. The van der Waals surface area contributed by atoms with Crippen molar-refractivity contribution in [2.24, 2.45) is 0 Å². The minimum atomic E-state index is -4.16. The van der Waals surface area contributed by atoms with Gasteiger partial charge in [-0.15, -0.1) is 0 Å². The van der Waals surface area contributed by atoms with Crippen LogP contribution in [-0.2, 0) is 24.1 Å². The van der Waals surface area contributed by atoms with E-state index in [-0.39, 0.29) is 36.0 Å². The van der Waals surface area contributed by atoms with Gasteiger partial charge in [0.25, 0.3) is 0 Å². The van der Waals surface area contributed by atoms with Crippen molar-refractivity contribution in [3.63, 3.8) is 0 Å². The molecule has 0 aliphatic heterocycles. The average Bonchev–Trinajstić information content (AvgIpc) is 2.60. The van der Waals surface area contributed by atoms with Gasteiger partial charge in [-0.05, 0) is 19.9 Å². The molecule has 1 atom stereocenters. The van der Waals surface area contributed by atoms with Gasteiger partial charge in [-0.3, -0.25) is 14.9 Å². The Morgan fingerprint density at radius 2 is 1.54 bits per heavy atom. The predicted octanol–water partition coefficient (Wildman–Crippen LogP) is 1.43. The van der Waals surface area contributed by atoms with Gasteiger partial charge in [0.2, 0.25) is 5.25 Å². The summed E-state index contributed by atoms with van der Waals surface area (Å²) in [7, 11) is -1.52. The van der Waals surface area contributed by atoms with E-state index in [1.54, 1.807) is 6.92 Å². The highest BCUT2D eigenvalue weighted by Gasteiger charge is 2.39. The second-order valence-corrected chi connectivity index (χ2v) is 7.55. The van der Waals surface area contributed by atoms with Crippen LogP contribution in [0.1, 0.15) is 24.2 Å². The van der Waals surface area contributed by atoms with E-state index in [1.807, 2.05) is 0 Å². The van der Waals surface area contributed by atoms with Gasteiger partial charge in [0.05, 0.1) is 33.1 Å². The van der Waals surface area contributed by atoms with Crippen molar-refractivity contribution in [3.05, 3.63) is 17.7 Å². The third-order valence-electron chi connectivity index (χ3n) is 3.47. The predicted molar refractivity (Wildman–Crippen MR) is 99.8 cm³/mol. The molecule has 28 heavy (non-hydrogen) atoms. The van der Waals surface area contributed by atoms with Crippen molar-refractivity contribution in [1.29, 1.82) is 0 Å². The number of benzene rings is 1. The summed E-state index contributed by atoms with van der Waals surface area (Å²) in [5.74, 6) is -2.05. The van der Waals surface area contributed by atoms with Gasteiger partial charge in [0.15, 0.2) is 27.1 Å². The highest BCUT2D eigenvalue weighted by Crippen LogP contribution is 2.34. The Morgan fingerprint density at radius 3 is 2.00 bits per heavy atom. The van der Waals surface area contributed by atoms with E-state index >= 15 is 0 Å². The number of nitrogens with one attached hydrogen (secondary N) is 1. The molecule has 0 heterocycles. The monoisotopic (exact) mass is 417 g/mol. The normalized spacial score (nSPS) is 11.9. The smallest absolute Gasteiger partial charge is 0.411 e. The van der Waals surface area contributed by atoms with Gasteiger partial charge in [0.1, 0.15) is 0 Å².